The molecule has 7 nitrogen and oxygen atoms in total. The number of esters is 1. The highest BCUT2D eigenvalue weighted by atomic mass is 79.9. The topological polar surface area (TPSA) is 73.1 Å². The van der Waals surface area contributed by atoms with Crippen LogP contribution in [-0.4, -0.2) is 50.3 Å². The lowest BCUT2D eigenvalue weighted by Crippen LogP contribution is -2.42. The van der Waals surface area contributed by atoms with E-state index in [4.69, 9.17) is 4.74 Å². The van der Waals surface area contributed by atoms with E-state index >= 15 is 0 Å². The summed E-state index contributed by atoms with van der Waals surface area (Å²) in [6, 6.07) is 8.06. The van der Waals surface area contributed by atoms with Gasteiger partial charge in [-0.15, -0.1) is 5.10 Å². The van der Waals surface area contributed by atoms with Gasteiger partial charge in [-0.25, -0.2) is 0 Å². The second kappa shape index (κ2) is 7.85. The molecule has 0 spiro atoms. The molecule has 128 valence electrons. The molecule has 0 unspecified atom stereocenters. The maximum absolute atomic E-state index is 11.1. The van der Waals surface area contributed by atoms with Crippen LogP contribution in [-0.2, 0) is 16.1 Å². The Bertz CT molecular complexity index is 705. The number of benzene rings is 1. The summed E-state index contributed by atoms with van der Waals surface area (Å²) in [4.78, 5) is 13.4. The van der Waals surface area contributed by atoms with Gasteiger partial charge in [-0.3, -0.25) is 9.69 Å². The number of hydrogen-bond acceptors (Lipinski definition) is 6. The minimum Gasteiger partial charge on any atom is -0.464 e. The first-order chi connectivity index (χ1) is 11.6. The van der Waals surface area contributed by atoms with Gasteiger partial charge in [-0.05, 0) is 57.9 Å². The summed E-state index contributed by atoms with van der Waals surface area (Å²) in [5, 5.41) is 12.1. The van der Waals surface area contributed by atoms with Crippen molar-refractivity contribution in [2.45, 2.75) is 38.8 Å². The molecule has 1 atom stereocenters. The van der Waals surface area contributed by atoms with E-state index in [0.29, 0.717) is 13.2 Å². The molecule has 1 fully saturated rings. The fourth-order valence-electron chi connectivity index (χ4n) is 2.97. The number of halogens is 1. The molecule has 0 radical (unpaired) electrons. The van der Waals surface area contributed by atoms with Crippen LogP contribution in [0.4, 0.5) is 0 Å². The molecule has 1 saturated heterocycles. The zero-order valence-corrected chi connectivity index (χ0v) is 15.1. The van der Waals surface area contributed by atoms with Crippen molar-refractivity contribution in [2.24, 2.45) is 0 Å². The first-order valence-corrected chi connectivity index (χ1v) is 8.84. The molecule has 2 aromatic rings. The summed E-state index contributed by atoms with van der Waals surface area (Å²) >= 11 is 3.54. The molecule has 24 heavy (non-hydrogen) atoms. The fraction of sp³-hybridized carbons (Fsp3) is 0.500. The summed E-state index contributed by atoms with van der Waals surface area (Å²) in [6.45, 7) is 3.45. The molecule has 1 aromatic heterocycles. The number of para-hydroxylation sites is 1. The zero-order valence-electron chi connectivity index (χ0n) is 13.6. The van der Waals surface area contributed by atoms with Crippen LogP contribution in [0.2, 0.25) is 0 Å². The number of hydrogen-bond donors (Lipinski definition) is 0. The number of carbonyl (C=O) groups excluding carboxylic acids is 1. The van der Waals surface area contributed by atoms with E-state index in [0.717, 1.165) is 41.8 Å². The summed E-state index contributed by atoms with van der Waals surface area (Å²) in [7, 11) is 0. The van der Waals surface area contributed by atoms with Crippen LogP contribution in [0.5, 0.6) is 0 Å². The number of likely N-dealkylation sites (tertiary alicyclic amines) is 1. The van der Waals surface area contributed by atoms with Gasteiger partial charge in [0.25, 0.3) is 0 Å². The molecule has 8 heteroatoms. The van der Waals surface area contributed by atoms with Crippen molar-refractivity contribution < 1.29 is 9.53 Å². The summed E-state index contributed by atoms with van der Waals surface area (Å²) in [6.07, 6.45) is 3.30. The number of tetrazole rings is 1. The second-order valence-corrected chi connectivity index (χ2v) is 6.74. The monoisotopic (exact) mass is 393 g/mol. The van der Waals surface area contributed by atoms with E-state index in [1.807, 2.05) is 24.3 Å². The molecule has 0 aliphatic carbocycles. The minimum atomic E-state index is -0.237. The highest BCUT2D eigenvalue weighted by Crippen LogP contribution is 2.23. The number of rotatable bonds is 5. The average Bonchev–Trinajstić information content (AvgIpc) is 3.02. The van der Waals surface area contributed by atoms with Crippen molar-refractivity contribution in [2.75, 3.05) is 13.2 Å². The van der Waals surface area contributed by atoms with Gasteiger partial charge in [-0.1, -0.05) is 18.6 Å². The summed E-state index contributed by atoms with van der Waals surface area (Å²) < 4.78 is 7.91. The Hall–Kier alpha value is -1.80. The van der Waals surface area contributed by atoms with Crippen molar-refractivity contribution in [3.63, 3.8) is 0 Å². The molecule has 3 rings (SSSR count). The Balaban J connectivity index is 1.77. The SMILES string of the molecule is CC(=O)OC[C@@H]1CCCCN1Cc1nnnn1-c1ccccc1Br. The zero-order chi connectivity index (χ0) is 16.9. The Morgan fingerprint density at radius 1 is 1.38 bits per heavy atom. The second-order valence-electron chi connectivity index (χ2n) is 5.88. The van der Waals surface area contributed by atoms with Gasteiger partial charge in [0.05, 0.1) is 12.2 Å². The molecule has 0 saturated carbocycles. The van der Waals surface area contributed by atoms with Gasteiger partial charge in [0.2, 0.25) is 0 Å². The highest BCUT2D eigenvalue weighted by molar-refractivity contribution is 9.10. The van der Waals surface area contributed by atoms with Gasteiger partial charge in [0.1, 0.15) is 6.61 Å². The van der Waals surface area contributed by atoms with Gasteiger partial charge >= 0.3 is 5.97 Å². The third kappa shape index (κ3) is 3.99. The van der Waals surface area contributed by atoms with Crippen molar-refractivity contribution in [3.8, 4) is 5.69 Å². The van der Waals surface area contributed by atoms with E-state index in [9.17, 15) is 4.79 Å². The van der Waals surface area contributed by atoms with Gasteiger partial charge in [-0.2, -0.15) is 4.68 Å². The molecule has 1 aromatic carbocycles. The number of aromatic nitrogens is 4. The lowest BCUT2D eigenvalue weighted by molar-refractivity contribution is -0.143. The molecule has 1 aliphatic rings. The molecule has 2 heterocycles. The Morgan fingerprint density at radius 2 is 2.21 bits per heavy atom. The van der Waals surface area contributed by atoms with Gasteiger partial charge in [0, 0.05) is 17.4 Å². The van der Waals surface area contributed by atoms with E-state index < -0.39 is 0 Å². The molecular weight excluding hydrogens is 374 g/mol. The normalized spacial score (nSPS) is 18.5. The maximum Gasteiger partial charge on any atom is 0.302 e. The first kappa shape index (κ1) is 17.0. The van der Waals surface area contributed by atoms with Crippen molar-refractivity contribution in [1.29, 1.82) is 0 Å². The van der Waals surface area contributed by atoms with Crippen molar-refractivity contribution in [3.05, 3.63) is 34.6 Å². The number of piperidine rings is 1. The van der Waals surface area contributed by atoms with Gasteiger partial charge in [0.15, 0.2) is 5.82 Å². The van der Waals surface area contributed by atoms with Crippen LogP contribution in [0.15, 0.2) is 28.7 Å². The third-order valence-electron chi connectivity index (χ3n) is 4.19. The predicted octanol–water partition coefficient (Wildman–Crippen LogP) is 2.34. The van der Waals surface area contributed by atoms with Crippen LogP contribution >= 0.6 is 15.9 Å². The van der Waals surface area contributed by atoms with E-state index in [1.165, 1.54) is 6.92 Å². The summed E-state index contributed by atoms with van der Waals surface area (Å²) in [5.74, 6) is 0.537. The largest absolute Gasteiger partial charge is 0.464 e. The molecule has 1 aliphatic heterocycles. The molecule has 0 amide bonds. The number of ether oxygens (including phenoxy) is 1. The van der Waals surface area contributed by atoms with E-state index in [2.05, 4.69) is 36.4 Å². The lowest BCUT2D eigenvalue weighted by atomic mass is 10.0. The van der Waals surface area contributed by atoms with Gasteiger partial charge < -0.3 is 4.74 Å². The van der Waals surface area contributed by atoms with Crippen molar-refractivity contribution >= 4 is 21.9 Å². The van der Waals surface area contributed by atoms with E-state index in [1.54, 1.807) is 4.68 Å². The average molecular weight is 394 g/mol. The van der Waals surface area contributed by atoms with E-state index in [-0.39, 0.29) is 12.0 Å². The molecule has 0 bridgehead atoms. The Kier molecular flexibility index (Phi) is 5.57. The standard InChI is InChI=1S/C16H20BrN5O2/c1-12(23)24-11-13-6-4-5-9-21(13)10-16-18-19-20-22(16)15-8-3-2-7-14(15)17/h2-3,7-8,13H,4-6,9-11H2,1H3/t13-/m0/s1. The third-order valence-corrected chi connectivity index (χ3v) is 4.86. The van der Waals surface area contributed by atoms with Crippen LogP contribution < -0.4 is 0 Å². The highest BCUT2D eigenvalue weighted by Gasteiger charge is 2.25. The van der Waals surface area contributed by atoms with Crippen LogP contribution in [0, 0.1) is 0 Å². The van der Waals surface area contributed by atoms with Crippen LogP contribution in [0.25, 0.3) is 5.69 Å². The first-order valence-electron chi connectivity index (χ1n) is 8.04. The number of carbonyl (C=O) groups is 1. The predicted molar refractivity (Wildman–Crippen MR) is 91.5 cm³/mol. The Morgan fingerprint density at radius 3 is 3.00 bits per heavy atom. The quantitative estimate of drug-likeness (QED) is 0.725. The minimum absolute atomic E-state index is 0.215. The van der Waals surface area contributed by atoms with Crippen LogP contribution in [0.3, 0.4) is 0 Å². The number of nitrogens with zero attached hydrogens (tertiary/aromatic N) is 5. The molecular formula is C16H20BrN5O2. The van der Waals surface area contributed by atoms with Crippen LogP contribution in [0.1, 0.15) is 32.0 Å². The fourth-order valence-corrected chi connectivity index (χ4v) is 3.42. The lowest BCUT2D eigenvalue weighted by Gasteiger charge is -2.34. The van der Waals surface area contributed by atoms with Crippen molar-refractivity contribution in [1.82, 2.24) is 25.1 Å². The summed E-state index contributed by atoms with van der Waals surface area (Å²) in [5.41, 5.74) is 0.908. The maximum atomic E-state index is 11.1. The Labute approximate surface area is 149 Å². The smallest absolute Gasteiger partial charge is 0.302 e. The molecule has 0 N–H and O–H groups in total.